The average molecular weight is 420 g/mol. The molecule has 0 bridgehead atoms. The number of aromatic nitrogens is 2. The highest BCUT2D eigenvalue weighted by Crippen LogP contribution is 2.36. The van der Waals surface area contributed by atoms with E-state index in [2.05, 4.69) is 25.9 Å². The molecule has 9 heteroatoms. The fourth-order valence-electron chi connectivity index (χ4n) is 3.66. The Labute approximate surface area is 178 Å². The molecule has 0 aliphatic heterocycles. The standard InChI is InChI=1S/C22H21FN6O2/c1-12(26-22(30)31)19(13-7-8-13)28-21-16(23)10-14(11-24)20(29-21)27-18-6-2-5-17-15(18)4-3-9-25-17/h2-6,9-10,12-13,19,26H,7-8H2,1H3,(H,30,31)(H2,27,28,29)/t12-,19+/m0/s1. The van der Waals surface area contributed by atoms with Crippen LogP contribution in [-0.2, 0) is 0 Å². The third-order valence-electron chi connectivity index (χ3n) is 5.32. The molecule has 31 heavy (non-hydrogen) atoms. The molecule has 0 unspecified atom stereocenters. The van der Waals surface area contributed by atoms with Gasteiger partial charge in [-0.2, -0.15) is 5.26 Å². The summed E-state index contributed by atoms with van der Waals surface area (Å²) in [5, 5.41) is 28.0. The first-order valence-electron chi connectivity index (χ1n) is 9.93. The summed E-state index contributed by atoms with van der Waals surface area (Å²) in [6, 6.07) is 11.6. The molecule has 0 radical (unpaired) electrons. The van der Waals surface area contributed by atoms with Crippen LogP contribution in [0.3, 0.4) is 0 Å². The minimum absolute atomic E-state index is 0.0317. The second-order valence-corrected chi connectivity index (χ2v) is 7.57. The first-order valence-corrected chi connectivity index (χ1v) is 9.93. The number of hydrogen-bond acceptors (Lipinski definition) is 6. The van der Waals surface area contributed by atoms with Crippen molar-refractivity contribution in [1.82, 2.24) is 15.3 Å². The summed E-state index contributed by atoms with van der Waals surface area (Å²) in [6.07, 6.45) is 2.40. The molecule has 0 saturated heterocycles. The van der Waals surface area contributed by atoms with Gasteiger partial charge in [-0.1, -0.05) is 6.07 Å². The molecule has 2 atom stereocenters. The number of pyridine rings is 2. The van der Waals surface area contributed by atoms with Gasteiger partial charge < -0.3 is 21.1 Å². The van der Waals surface area contributed by atoms with Crippen molar-refractivity contribution in [2.45, 2.75) is 31.8 Å². The van der Waals surface area contributed by atoms with Crippen molar-refractivity contribution in [2.24, 2.45) is 5.92 Å². The average Bonchev–Trinajstić information content (AvgIpc) is 3.58. The smallest absolute Gasteiger partial charge is 0.404 e. The van der Waals surface area contributed by atoms with Crippen LogP contribution in [0.2, 0.25) is 0 Å². The Morgan fingerprint density at radius 2 is 2.10 bits per heavy atom. The van der Waals surface area contributed by atoms with Crippen LogP contribution < -0.4 is 16.0 Å². The van der Waals surface area contributed by atoms with Crippen LogP contribution in [0.15, 0.2) is 42.6 Å². The first-order chi connectivity index (χ1) is 15.0. The number of benzene rings is 1. The highest BCUT2D eigenvalue weighted by molar-refractivity contribution is 5.93. The Morgan fingerprint density at radius 1 is 1.29 bits per heavy atom. The summed E-state index contributed by atoms with van der Waals surface area (Å²) in [5.41, 5.74) is 1.52. The maximum atomic E-state index is 14.7. The largest absolute Gasteiger partial charge is 0.465 e. The number of carbonyl (C=O) groups is 1. The maximum absolute atomic E-state index is 14.7. The predicted octanol–water partition coefficient (Wildman–Crippen LogP) is 4.23. The topological polar surface area (TPSA) is 123 Å². The van der Waals surface area contributed by atoms with E-state index in [0.717, 1.165) is 29.8 Å². The number of carboxylic acid groups (broad SMARTS) is 1. The minimum atomic E-state index is -1.14. The number of rotatable bonds is 7. The summed E-state index contributed by atoms with van der Waals surface area (Å²) >= 11 is 0. The fraction of sp³-hybridized carbons (Fsp3) is 0.273. The van der Waals surface area contributed by atoms with Gasteiger partial charge in [-0.3, -0.25) is 4.98 Å². The lowest BCUT2D eigenvalue weighted by molar-refractivity contribution is 0.188. The molecule has 8 nitrogen and oxygen atoms in total. The Balaban J connectivity index is 1.67. The number of fused-ring (bicyclic) bond motifs is 1. The molecule has 1 saturated carbocycles. The summed E-state index contributed by atoms with van der Waals surface area (Å²) in [6.45, 7) is 1.73. The van der Waals surface area contributed by atoms with E-state index in [0.29, 0.717) is 5.69 Å². The molecule has 158 valence electrons. The third kappa shape index (κ3) is 4.48. The summed E-state index contributed by atoms with van der Waals surface area (Å²) in [4.78, 5) is 19.7. The van der Waals surface area contributed by atoms with Crippen molar-refractivity contribution in [2.75, 3.05) is 10.6 Å². The van der Waals surface area contributed by atoms with Gasteiger partial charge in [-0.15, -0.1) is 0 Å². The molecule has 3 aromatic rings. The second-order valence-electron chi connectivity index (χ2n) is 7.57. The fourth-order valence-corrected chi connectivity index (χ4v) is 3.66. The molecule has 1 aliphatic rings. The van der Waals surface area contributed by atoms with Gasteiger partial charge >= 0.3 is 6.09 Å². The van der Waals surface area contributed by atoms with Gasteiger partial charge in [0, 0.05) is 23.3 Å². The molecular weight excluding hydrogens is 399 g/mol. The zero-order valence-corrected chi connectivity index (χ0v) is 16.8. The van der Waals surface area contributed by atoms with E-state index in [9.17, 15) is 14.4 Å². The molecule has 2 aromatic heterocycles. The SMILES string of the molecule is C[C@H](NC(=O)O)[C@@H](Nc1nc(Nc2cccc3ncccc23)c(C#N)cc1F)C1CC1. The van der Waals surface area contributed by atoms with Crippen LogP contribution in [0.25, 0.3) is 10.9 Å². The summed E-state index contributed by atoms with van der Waals surface area (Å²) in [7, 11) is 0. The van der Waals surface area contributed by atoms with Crippen molar-refractivity contribution < 1.29 is 14.3 Å². The van der Waals surface area contributed by atoms with Gasteiger partial charge in [0.15, 0.2) is 17.5 Å². The molecule has 1 aliphatic carbocycles. The quantitative estimate of drug-likeness (QED) is 0.451. The molecule has 0 spiro atoms. The first kappa shape index (κ1) is 20.3. The normalized spacial score (nSPS) is 15.0. The van der Waals surface area contributed by atoms with Crippen molar-refractivity contribution in [1.29, 1.82) is 5.26 Å². The third-order valence-corrected chi connectivity index (χ3v) is 5.32. The van der Waals surface area contributed by atoms with E-state index >= 15 is 0 Å². The van der Waals surface area contributed by atoms with Crippen molar-refractivity contribution >= 4 is 34.3 Å². The number of hydrogen-bond donors (Lipinski definition) is 4. The van der Waals surface area contributed by atoms with Crippen LogP contribution in [0.4, 0.5) is 26.5 Å². The minimum Gasteiger partial charge on any atom is -0.465 e. The van der Waals surface area contributed by atoms with Crippen LogP contribution in [-0.4, -0.2) is 33.3 Å². The van der Waals surface area contributed by atoms with Gasteiger partial charge in [-0.05, 0) is 56.0 Å². The number of anilines is 3. The van der Waals surface area contributed by atoms with Crippen LogP contribution in [0.5, 0.6) is 0 Å². The van der Waals surface area contributed by atoms with E-state index in [1.165, 1.54) is 0 Å². The van der Waals surface area contributed by atoms with E-state index < -0.39 is 18.0 Å². The Hall–Kier alpha value is -3.93. The van der Waals surface area contributed by atoms with Gasteiger partial charge in [0.25, 0.3) is 0 Å². The monoisotopic (exact) mass is 420 g/mol. The van der Waals surface area contributed by atoms with Crippen LogP contribution in [0, 0.1) is 23.1 Å². The lowest BCUT2D eigenvalue weighted by Gasteiger charge is -2.26. The van der Waals surface area contributed by atoms with Crippen molar-refractivity contribution in [3.05, 3.63) is 54.0 Å². The van der Waals surface area contributed by atoms with Gasteiger partial charge in [0.2, 0.25) is 0 Å². The lowest BCUT2D eigenvalue weighted by Crippen LogP contribution is -2.45. The highest BCUT2D eigenvalue weighted by atomic mass is 19.1. The second kappa shape index (κ2) is 8.44. The molecule has 4 rings (SSSR count). The predicted molar refractivity (Wildman–Crippen MR) is 115 cm³/mol. The van der Waals surface area contributed by atoms with E-state index in [1.54, 1.807) is 19.2 Å². The Morgan fingerprint density at radius 3 is 2.81 bits per heavy atom. The van der Waals surface area contributed by atoms with Gasteiger partial charge in [0.1, 0.15) is 6.07 Å². The number of nitrogens with zero attached hydrogens (tertiary/aromatic N) is 3. The number of nitriles is 1. The number of amides is 1. The van der Waals surface area contributed by atoms with E-state index in [-0.39, 0.29) is 29.2 Å². The molecule has 4 N–H and O–H groups in total. The molecule has 1 aromatic carbocycles. The zero-order valence-electron chi connectivity index (χ0n) is 16.8. The Kier molecular flexibility index (Phi) is 5.54. The molecule has 1 amide bonds. The van der Waals surface area contributed by atoms with E-state index in [1.807, 2.05) is 30.3 Å². The number of nitrogens with one attached hydrogen (secondary N) is 3. The number of halogens is 1. The van der Waals surface area contributed by atoms with Crippen LogP contribution in [0.1, 0.15) is 25.3 Å². The molecular formula is C22H21FN6O2. The van der Waals surface area contributed by atoms with Crippen molar-refractivity contribution in [3.63, 3.8) is 0 Å². The zero-order chi connectivity index (χ0) is 22.0. The molecule has 2 heterocycles. The molecule has 1 fully saturated rings. The van der Waals surface area contributed by atoms with Crippen LogP contribution >= 0.6 is 0 Å². The summed E-state index contributed by atoms with van der Waals surface area (Å²) < 4.78 is 14.7. The van der Waals surface area contributed by atoms with E-state index in [4.69, 9.17) is 5.11 Å². The lowest BCUT2D eigenvalue weighted by atomic mass is 10.0. The highest BCUT2D eigenvalue weighted by Gasteiger charge is 2.36. The summed E-state index contributed by atoms with van der Waals surface area (Å²) in [5.74, 6) is -0.277. The van der Waals surface area contributed by atoms with Crippen molar-refractivity contribution in [3.8, 4) is 6.07 Å². The Bertz CT molecular complexity index is 1170. The van der Waals surface area contributed by atoms with Gasteiger partial charge in [0.05, 0.1) is 17.1 Å². The van der Waals surface area contributed by atoms with Gasteiger partial charge in [-0.25, -0.2) is 14.2 Å². The maximum Gasteiger partial charge on any atom is 0.404 e.